The van der Waals surface area contributed by atoms with Crippen molar-refractivity contribution >= 4 is 29.6 Å². The van der Waals surface area contributed by atoms with Crippen LogP contribution in [0.3, 0.4) is 0 Å². The van der Waals surface area contributed by atoms with E-state index in [1.807, 2.05) is 38.1 Å². The molecule has 1 aliphatic rings. The van der Waals surface area contributed by atoms with Gasteiger partial charge in [-0.15, -0.1) is 0 Å². The van der Waals surface area contributed by atoms with E-state index in [0.29, 0.717) is 23.5 Å². The quantitative estimate of drug-likeness (QED) is 0.314. The first kappa shape index (κ1) is 24.3. The Hall–Kier alpha value is -3.84. The fourth-order valence-electron chi connectivity index (χ4n) is 3.60. The van der Waals surface area contributed by atoms with Gasteiger partial charge in [-0.3, -0.25) is 9.69 Å². The third-order valence-electron chi connectivity index (χ3n) is 5.40. The second-order valence-corrected chi connectivity index (χ2v) is 8.42. The van der Waals surface area contributed by atoms with E-state index in [4.69, 9.17) is 21.1 Å². The molecular weight excluding hydrogens is 471 g/mol. The molecule has 3 amide bonds. The monoisotopic (exact) mass is 494 g/mol. The Kier molecular flexibility index (Phi) is 7.36. The number of nitrogens with one attached hydrogen (secondary N) is 1. The van der Waals surface area contributed by atoms with Crippen LogP contribution in [0.5, 0.6) is 11.5 Å². The van der Waals surface area contributed by atoms with Crippen LogP contribution in [0.25, 0.3) is 6.08 Å². The van der Waals surface area contributed by atoms with Crippen molar-refractivity contribution < 1.29 is 23.5 Å². The molecule has 0 spiro atoms. The van der Waals surface area contributed by atoms with Gasteiger partial charge in [0.1, 0.15) is 18.1 Å². The number of hydrogen-bond donors (Lipinski definition) is 1. The highest BCUT2D eigenvalue weighted by molar-refractivity contribution is 6.32. The average Bonchev–Trinajstić information content (AvgIpc) is 3.08. The summed E-state index contributed by atoms with van der Waals surface area (Å²) in [6, 6.07) is 16.7. The van der Waals surface area contributed by atoms with Gasteiger partial charge in [-0.25, -0.2) is 9.18 Å². The molecule has 0 saturated carbocycles. The Morgan fingerprint density at radius 1 is 1.06 bits per heavy atom. The minimum atomic E-state index is -0.497. The highest BCUT2D eigenvalue weighted by Crippen LogP contribution is 2.38. The van der Waals surface area contributed by atoms with Gasteiger partial charge in [-0.1, -0.05) is 59.6 Å². The van der Waals surface area contributed by atoms with Crippen LogP contribution >= 0.6 is 11.6 Å². The van der Waals surface area contributed by atoms with Crippen molar-refractivity contribution in [3.8, 4) is 11.5 Å². The third-order valence-corrected chi connectivity index (χ3v) is 5.68. The predicted molar refractivity (Wildman–Crippen MR) is 132 cm³/mol. The molecule has 1 fully saturated rings. The lowest BCUT2D eigenvalue weighted by Crippen LogP contribution is -2.30. The third kappa shape index (κ3) is 5.63. The summed E-state index contributed by atoms with van der Waals surface area (Å²) in [5.74, 6) is -0.212. The fourth-order valence-corrected chi connectivity index (χ4v) is 3.87. The summed E-state index contributed by atoms with van der Waals surface area (Å²) in [5.41, 5.74) is 2.98. The van der Waals surface area contributed by atoms with Gasteiger partial charge >= 0.3 is 6.03 Å². The van der Waals surface area contributed by atoms with Gasteiger partial charge in [0.15, 0.2) is 11.5 Å². The molecule has 3 aromatic rings. The summed E-state index contributed by atoms with van der Waals surface area (Å²) in [5, 5.41) is 2.84. The first-order valence-corrected chi connectivity index (χ1v) is 11.5. The molecule has 1 aliphatic heterocycles. The first-order valence-electron chi connectivity index (χ1n) is 11.1. The molecule has 1 saturated heterocycles. The van der Waals surface area contributed by atoms with Gasteiger partial charge in [0, 0.05) is 5.56 Å². The summed E-state index contributed by atoms with van der Waals surface area (Å²) in [4.78, 5) is 26.5. The van der Waals surface area contributed by atoms with Gasteiger partial charge in [-0.05, 0) is 49.2 Å². The molecule has 35 heavy (non-hydrogen) atoms. The van der Waals surface area contributed by atoms with E-state index in [0.717, 1.165) is 16.0 Å². The Morgan fingerprint density at radius 3 is 2.51 bits per heavy atom. The average molecular weight is 495 g/mol. The van der Waals surface area contributed by atoms with Crippen LogP contribution in [-0.2, 0) is 17.9 Å². The van der Waals surface area contributed by atoms with E-state index in [-0.39, 0.29) is 35.4 Å². The number of rotatable bonds is 8. The van der Waals surface area contributed by atoms with Crippen molar-refractivity contribution in [2.24, 2.45) is 0 Å². The lowest BCUT2D eigenvalue weighted by molar-refractivity contribution is -0.123. The van der Waals surface area contributed by atoms with E-state index in [2.05, 4.69) is 5.32 Å². The Labute approximate surface area is 207 Å². The van der Waals surface area contributed by atoms with E-state index in [1.54, 1.807) is 30.3 Å². The number of imide groups is 1. The van der Waals surface area contributed by atoms with Crippen molar-refractivity contribution in [1.29, 1.82) is 0 Å². The van der Waals surface area contributed by atoms with Crippen molar-refractivity contribution in [3.05, 3.63) is 99.5 Å². The summed E-state index contributed by atoms with van der Waals surface area (Å²) < 4.78 is 25.4. The molecule has 1 heterocycles. The number of amides is 3. The fraction of sp³-hybridized carbons (Fsp3) is 0.185. The highest BCUT2D eigenvalue weighted by Gasteiger charge is 2.33. The van der Waals surface area contributed by atoms with E-state index >= 15 is 0 Å². The van der Waals surface area contributed by atoms with Crippen molar-refractivity contribution in [2.75, 3.05) is 6.61 Å². The zero-order valence-corrected chi connectivity index (χ0v) is 20.1. The largest absolute Gasteiger partial charge is 0.490 e. The zero-order chi connectivity index (χ0) is 24.9. The number of aryl methyl sites for hydroxylation is 1. The van der Waals surface area contributed by atoms with Gasteiger partial charge in [0.05, 0.1) is 18.2 Å². The maximum Gasteiger partial charge on any atom is 0.329 e. The molecule has 180 valence electrons. The van der Waals surface area contributed by atoms with Crippen molar-refractivity contribution in [2.45, 2.75) is 27.0 Å². The number of carbonyl (C=O) groups is 2. The van der Waals surface area contributed by atoms with Gasteiger partial charge in [0.25, 0.3) is 5.91 Å². The summed E-state index contributed by atoms with van der Waals surface area (Å²) in [7, 11) is 0. The van der Waals surface area contributed by atoms with E-state index < -0.39 is 11.9 Å². The standard InChI is InChI=1S/C27H24ClFN2O4/c1-3-34-24-14-19(12-21(28)25(24)35-16-20-6-4-5-7-22(20)29)13-23-26(32)31(27(33)30-23)15-18-10-8-17(2)9-11-18/h4-14H,3,15-16H2,1-2H3,(H,30,33)/b23-13+. The van der Waals surface area contributed by atoms with Gasteiger partial charge < -0.3 is 14.8 Å². The summed E-state index contributed by atoms with van der Waals surface area (Å²) >= 11 is 6.46. The molecule has 6 nitrogen and oxygen atoms in total. The number of benzene rings is 3. The number of carbonyl (C=O) groups excluding carboxylic acids is 2. The lowest BCUT2D eigenvalue weighted by atomic mass is 10.1. The summed E-state index contributed by atoms with van der Waals surface area (Å²) in [6.45, 7) is 4.25. The maximum atomic E-state index is 14.0. The van der Waals surface area contributed by atoms with Crippen LogP contribution in [-0.4, -0.2) is 23.4 Å². The van der Waals surface area contributed by atoms with Crippen LogP contribution in [0.2, 0.25) is 5.02 Å². The van der Waals surface area contributed by atoms with Gasteiger partial charge in [-0.2, -0.15) is 0 Å². The molecule has 0 unspecified atom stereocenters. The van der Waals surface area contributed by atoms with Crippen LogP contribution in [0, 0.1) is 12.7 Å². The molecule has 0 aliphatic carbocycles. The highest BCUT2D eigenvalue weighted by atomic mass is 35.5. The number of hydrogen-bond acceptors (Lipinski definition) is 4. The minimum absolute atomic E-state index is 0.0323. The predicted octanol–water partition coefficient (Wildman–Crippen LogP) is 5.86. The number of halogens is 2. The van der Waals surface area contributed by atoms with Crippen molar-refractivity contribution in [3.63, 3.8) is 0 Å². The molecular formula is C27H24ClFN2O4. The number of nitrogens with zero attached hydrogens (tertiary/aromatic N) is 1. The number of urea groups is 1. The second-order valence-electron chi connectivity index (χ2n) is 8.01. The van der Waals surface area contributed by atoms with Crippen LogP contribution < -0.4 is 14.8 Å². The molecule has 3 aromatic carbocycles. The van der Waals surface area contributed by atoms with Gasteiger partial charge in [0.2, 0.25) is 0 Å². The molecule has 8 heteroatoms. The van der Waals surface area contributed by atoms with Crippen LogP contribution in [0.1, 0.15) is 29.2 Å². The summed E-state index contributed by atoms with van der Waals surface area (Å²) in [6.07, 6.45) is 1.53. The normalized spacial score (nSPS) is 14.4. The topological polar surface area (TPSA) is 67.9 Å². The minimum Gasteiger partial charge on any atom is -0.490 e. The van der Waals surface area contributed by atoms with Crippen LogP contribution in [0.4, 0.5) is 9.18 Å². The molecule has 1 N–H and O–H groups in total. The Balaban J connectivity index is 1.55. The van der Waals surface area contributed by atoms with E-state index in [1.165, 1.54) is 12.1 Å². The molecule has 0 aromatic heterocycles. The van der Waals surface area contributed by atoms with E-state index in [9.17, 15) is 14.0 Å². The molecule has 0 atom stereocenters. The van der Waals surface area contributed by atoms with Crippen LogP contribution in [0.15, 0.2) is 66.4 Å². The molecule has 0 bridgehead atoms. The number of ether oxygens (including phenoxy) is 2. The maximum absolute atomic E-state index is 14.0. The molecule has 0 radical (unpaired) electrons. The smallest absolute Gasteiger partial charge is 0.329 e. The SMILES string of the molecule is CCOc1cc(/C=C2/NC(=O)N(Cc3ccc(C)cc3)C2=O)cc(Cl)c1OCc1ccccc1F. The second kappa shape index (κ2) is 10.6. The Bertz CT molecular complexity index is 1290. The van der Waals surface area contributed by atoms with Crippen molar-refractivity contribution in [1.82, 2.24) is 10.2 Å². The Morgan fingerprint density at radius 2 is 1.80 bits per heavy atom. The molecule has 4 rings (SSSR count). The zero-order valence-electron chi connectivity index (χ0n) is 19.3. The first-order chi connectivity index (χ1) is 16.9. The lowest BCUT2D eigenvalue weighted by Gasteiger charge is -2.15.